The standard InChI is InChI=1S/C41H48/c1-8-29(3)30(4)24-26-34(9-2)33(7)41(36-20-14-11-15-21-36)37-27-25-31(5)40(28-37)39-23-17-16-22-38(39)32(6)35-18-12-10-13-19-35/h9-25,27-29,32-34,41H,2,8,26H2,1,3-7H3/b30-24+. The summed E-state index contributed by atoms with van der Waals surface area (Å²) in [5, 5.41) is 0. The Morgan fingerprint density at radius 3 is 1.98 bits per heavy atom. The summed E-state index contributed by atoms with van der Waals surface area (Å²) < 4.78 is 0. The van der Waals surface area contributed by atoms with Crippen LogP contribution in [0, 0.1) is 24.7 Å². The Kier molecular flexibility index (Phi) is 10.6. The molecule has 0 spiro atoms. The van der Waals surface area contributed by atoms with Crippen LogP contribution in [-0.4, -0.2) is 0 Å². The smallest absolute Gasteiger partial charge is 0.0121 e. The molecule has 0 bridgehead atoms. The average molecular weight is 541 g/mol. The lowest BCUT2D eigenvalue weighted by Crippen LogP contribution is -2.19. The van der Waals surface area contributed by atoms with Crippen molar-refractivity contribution in [1.29, 1.82) is 0 Å². The van der Waals surface area contributed by atoms with Gasteiger partial charge in [-0.15, -0.1) is 6.58 Å². The van der Waals surface area contributed by atoms with E-state index in [1.165, 1.54) is 50.9 Å². The first-order valence-electron chi connectivity index (χ1n) is 15.4. The van der Waals surface area contributed by atoms with Gasteiger partial charge in [-0.2, -0.15) is 0 Å². The molecule has 0 amide bonds. The molecule has 0 aromatic heterocycles. The number of rotatable bonds is 12. The summed E-state index contributed by atoms with van der Waals surface area (Å²) >= 11 is 0. The van der Waals surface area contributed by atoms with Gasteiger partial charge in [-0.3, -0.25) is 0 Å². The molecule has 4 rings (SSSR count). The van der Waals surface area contributed by atoms with E-state index in [0.717, 1.165) is 6.42 Å². The van der Waals surface area contributed by atoms with Crippen molar-refractivity contribution in [1.82, 2.24) is 0 Å². The Bertz CT molecular complexity index is 1430. The molecule has 0 heterocycles. The van der Waals surface area contributed by atoms with E-state index in [0.29, 0.717) is 23.7 Å². The Morgan fingerprint density at radius 2 is 1.34 bits per heavy atom. The second kappa shape index (κ2) is 14.3. The Labute approximate surface area is 249 Å². The molecule has 4 aromatic rings. The minimum absolute atomic E-state index is 0.273. The molecule has 0 aliphatic rings. The number of hydrogen-bond acceptors (Lipinski definition) is 0. The SMILES string of the molecule is C=CC(C/C=C(\C)C(C)CC)C(C)C(c1ccccc1)c1ccc(C)c(-c2ccccc2C(C)c2ccccc2)c1. The molecule has 0 saturated heterocycles. The third-order valence-electron chi connectivity index (χ3n) is 9.40. The molecular formula is C41H48. The lowest BCUT2D eigenvalue weighted by Gasteiger charge is -2.31. The normalized spacial score (nSPS) is 15.5. The van der Waals surface area contributed by atoms with E-state index < -0.39 is 0 Å². The first-order chi connectivity index (χ1) is 19.8. The summed E-state index contributed by atoms with van der Waals surface area (Å²) in [7, 11) is 0. The third kappa shape index (κ3) is 7.17. The molecule has 0 N–H and O–H groups in total. The maximum absolute atomic E-state index is 4.30. The van der Waals surface area contributed by atoms with Gasteiger partial charge < -0.3 is 0 Å². The highest BCUT2D eigenvalue weighted by molar-refractivity contribution is 5.73. The highest BCUT2D eigenvalue weighted by atomic mass is 14.3. The quantitative estimate of drug-likeness (QED) is 0.157. The Morgan fingerprint density at radius 1 is 0.732 bits per heavy atom. The van der Waals surface area contributed by atoms with Gasteiger partial charge in [0.1, 0.15) is 0 Å². The fourth-order valence-corrected chi connectivity index (χ4v) is 6.24. The topological polar surface area (TPSA) is 0 Å². The van der Waals surface area contributed by atoms with Crippen molar-refractivity contribution in [2.24, 2.45) is 17.8 Å². The lowest BCUT2D eigenvalue weighted by atomic mass is 9.73. The monoisotopic (exact) mass is 540 g/mol. The molecule has 5 atom stereocenters. The zero-order valence-electron chi connectivity index (χ0n) is 26.0. The van der Waals surface area contributed by atoms with E-state index in [1.54, 1.807) is 0 Å². The fraction of sp³-hybridized carbons (Fsp3) is 0.317. The molecule has 0 aliphatic heterocycles. The molecule has 0 aliphatic carbocycles. The summed E-state index contributed by atoms with van der Waals surface area (Å²) in [6.07, 6.45) is 6.86. The number of aryl methyl sites for hydroxylation is 1. The first kappa shape index (κ1) is 30.3. The van der Waals surface area contributed by atoms with E-state index in [4.69, 9.17) is 0 Å². The fourth-order valence-electron chi connectivity index (χ4n) is 6.24. The van der Waals surface area contributed by atoms with Crippen LogP contribution in [0.3, 0.4) is 0 Å². The summed E-state index contributed by atoms with van der Waals surface area (Å²) in [6.45, 7) is 18.2. The van der Waals surface area contributed by atoms with Gasteiger partial charge in [0.25, 0.3) is 0 Å². The zero-order valence-corrected chi connectivity index (χ0v) is 26.0. The van der Waals surface area contributed by atoms with Gasteiger partial charge in [-0.05, 0) is 83.4 Å². The first-order valence-corrected chi connectivity index (χ1v) is 15.4. The van der Waals surface area contributed by atoms with Crippen LogP contribution >= 0.6 is 0 Å². The van der Waals surface area contributed by atoms with E-state index in [-0.39, 0.29) is 5.92 Å². The summed E-state index contributed by atoms with van der Waals surface area (Å²) in [6, 6.07) is 38.0. The predicted molar refractivity (Wildman–Crippen MR) is 180 cm³/mol. The van der Waals surface area contributed by atoms with E-state index in [2.05, 4.69) is 163 Å². The molecule has 0 radical (unpaired) electrons. The van der Waals surface area contributed by atoms with Crippen LogP contribution in [0.15, 0.2) is 127 Å². The molecule has 41 heavy (non-hydrogen) atoms. The van der Waals surface area contributed by atoms with Gasteiger partial charge in [-0.1, -0.05) is 149 Å². The van der Waals surface area contributed by atoms with Crippen molar-refractivity contribution in [2.75, 3.05) is 0 Å². The minimum Gasteiger partial charge on any atom is -0.103 e. The average Bonchev–Trinajstić information content (AvgIpc) is 3.02. The molecule has 0 nitrogen and oxygen atoms in total. The van der Waals surface area contributed by atoms with Crippen LogP contribution in [0.25, 0.3) is 11.1 Å². The highest BCUT2D eigenvalue weighted by Crippen LogP contribution is 2.41. The second-order valence-corrected chi connectivity index (χ2v) is 11.9. The Hall–Kier alpha value is -3.64. The van der Waals surface area contributed by atoms with E-state index in [1.807, 2.05) is 0 Å². The predicted octanol–water partition coefficient (Wildman–Crippen LogP) is 11.8. The molecule has 0 saturated carbocycles. The molecule has 4 aromatic carbocycles. The van der Waals surface area contributed by atoms with Gasteiger partial charge in [0.2, 0.25) is 0 Å². The number of hydrogen-bond donors (Lipinski definition) is 0. The van der Waals surface area contributed by atoms with E-state index >= 15 is 0 Å². The summed E-state index contributed by atoms with van der Waals surface area (Å²) in [4.78, 5) is 0. The van der Waals surface area contributed by atoms with Crippen molar-refractivity contribution in [3.05, 3.63) is 155 Å². The summed E-state index contributed by atoms with van der Waals surface area (Å²) in [5.74, 6) is 1.98. The Balaban J connectivity index is 1.78. The van der Waals surface area contributed by atoms with Crippen LogP contribution in [0.5, 0.6) is 0 Å². The zero-order chi connectivity index (χ0) is 29.4. The highest BCUT2D eigenvalue weighted by Gasteiger charge is 2.27. The number of benzene rings is 4. The van der Waals surface area contributed by atoms with Crippen LogP contribution in [0.2, 0.25) is 0 Å². The number of allylic oxidation sites excluding steroid dienone is 3. The molecule has 212 valence electrons. The van der Waals surface area contributed by atoms with Crippen molar-refractivity contribution in [3.63, 3.8) is 0 Å². The van der Waals surface area contributed by atoms with Crippen molar-refractivity contribution in [3.8, 4) is 11.1 Å². The van der Waals surface area contributed by atoms with Crippen LogP contribution in [0.4, 0.5) is 0 Å². The maximum atomic E-state index is 4.30. The maximum Gasteiger partial charge on any atom is 0.0121 e. The van der Waals surface area contributed by atoms with Crippen LogP contribution in [0.1, 0.15) is 87.1 Å². The third-order valence-corrected chi connectivity index (χ3v) is 9.40. The lowest BCUT2D eigenvalue weighted by molar-refractivity contribution is 0.388. The van der Waals surface area contributed by atoms with Crippen LogP contribution in [-0.2, 0) is 0 Å². The molecule has 0 fully saturated rings. The second-order valence-electron chi connectivity index (χ2n) is 11.9. The van der Waals surface area contributed by atoms with Crippen LogP contribution < -0.4 is 0 Å². The van der Waals surface area contributed by atoms with Crippen molar-refractivity contribution in [2.45, 2.75) is 66.2 Å². The largest absolute Gasteiger partial charge is 0.103 e. The van der Waals surface area contributed by atoms with Crippen molar-refractivity contribution < 1.29 is 0 Å². The van der Waals surface area contributed by atoms with Gasteiger partial charge in [0, 0.05) is 11.8 Å². The van der Waals surface area contributed by atoms with Gasteiger partial charge in [-0.25, -0.2) is 0 Å². The summed E-state index contributed by atoms with van der Waals surface area (Å²) in [5.41, 5.74) is 10.9. The van der Waals surface area contributed by atoms with Gasteiger partial charge >= 0.3 is 0 Å². The minimum atomic E-state index is 0.273. The van der Waals surface area contributed by atoms with E-state index in [9.17, 15) is 0 Å². The molecule has 5 unspecified atom stereocenters. The molecule has 0 heteroatoms. The van der Waals surface area contributed by atoms with Gasteiger partial charge in [0.15, 0.2) is 0 Å². The van der Waals surface area contributed by atoms with Crippen molar-refractivity contribution >= 4 is 0 Å². The molecular weight excluding hydrogens is 492 g/mol. The van der Waals surface area contributed by atoms with Gasteiger partial charge in [0.05, 0.1) is 0 Å².